The maximum Gasteiger partial charge on any atom is 0.232 e. The second-order valence-corrected chi connectivity index (χ2v) is 1.58. The Morgan fingerprint density at radius 3 is 2.56 bits per heavy atom. The molecule has 0 heterocycles. The molecule has 0 saturated heterocycles. The van der Waals surface area contributed by atoms with Gasteiger partial charge in [-0.1, -0.05) is 6.92 Å². The summed E-state index contributed by atoms with van der Waals surface area (Å²) in [7, 11) is 0. The number of hydrogen-bond acceptors (Lipinski definition) is 2. The number of rotatable bonds is 2. The molecule has 0 fully saturated rings. The summed E-state index contributed by atoms with van der Waals surface area (Å²) >= 11 is 0. The van der Waals surface area contributed by atoms with Crippen molar-refractivity contribution in [2.75, 3.05) is 0 Å². The molecule has 49 valence electrons. The van der Waals surface area contributed by atoms with Gasteiger partial charge in [0.25, 0.3) is 0 Å². The van der Waals surface area contributed by atoms with E-state index in [1.807, 2.05) is 6.92 Å². The zero-order chi connectivity index (χ0) is 7.28. The van der Waals surface area contributed by atoms with E-state index in [9.17, 15) is 4.79 Å². The smallest absolute Gasteiger partial charge is 0.232 e. The van der Waals surface area contributed by atoms with Crippen molar-refractivity contribution in [2.24, 2.45) is 0 Å². The monoisotopic (exact) mass is 125 g/mol. The van der Waals surface area contributed by atoms with Crippen LogP contribution in [0, 0.1) is 18.0 Å². The Morgan fingerprint density at radius 1 is 1.89 bits per heavy atom. The number of carbonyl (C=O) groups excluding carboxylic acids is 1. The van der Waals surface area contributed by atoms with Crippen LogP contribution in [0.3, 0.4) is 0 Å². The lowest BCUT2D eigenvalue weighted by molar-refractivity contribution is -0.124. The second-order valence-electron chi connectivity index (χ2n) is 1.58. The third-order valence-electron chi connectivity index (χ3n) is 0.812. The van der Waals surface area contributed by atoms with Crippen LogP contribution >= 0.6 is 0 Å². The fourth-order valence-corrected chi connectivity index (χ4v) is 0.422. The molecular formula is C6H9N2O. The lowest BCUT2D eigenvalue weighted by Crippen LogP contribution is -2.19. The van der Waals surface area contributed by atoms with E-state index >= 15 is 0 Å². The summed E-state index contributed by atoms with van der Waals surface area (Å²) in [5.41, 5.74) is 0. The predicted octanol–water partition coefficient (Wildman–Crippen LogP) is 0.888. The highest BCUT2D eigenvalue weighted by Crippen LogP contribution is 1.93. The van der Waals surface area contributed by atoms with Gasteiger partial charge in [0, 0.05) is 6.92 Å². The molecule has 9 heavy (non-hydrogen) atoms. The van der Waals surface area contributed by atoms with Crippen molar-refractivity contribution in [1.82, 2.24) is 4.90 Å². The highest BCUT2D eigenvalue weighted by molar-refractivity contribution is 5.75. The fraction of sp³-hybridized carbons (Fsp3) is 0.500. The number of nitriles is 1. The van der Waals surface area contributed by atoms with Gasteiger partial charge in [0.2, 0.25) is 5.91 Å². The van der Waals surface area contributed by atoms with Crippen LogP contribution in [0.5, 0.6) is 0 Å². The summed E-state index contributed by atoms with van der Waals surface area (Å²) in [6, 6.07) is 0. The first kappa shape index (κ1) is 7.96. The lowest BCUT2D eigenvalue weighted by Gasteiger charge is -2.06. The summed E-state index contributed by atoms with van der Waals surface area (Å²) in [6.07, 6.45) is 2.43. The normalized spacial score (nSPS) is 8.11. The van der Waals surface area contributed by atoms with E-state index in [1.165, 1.54) is 6.92 Å². The molecule has 0 saturated carbocycles. The Labute approximate surface area is 54.9 Å². The first-order valence-corrected chi connectivity index (χ1v) is 2.75. The van der Waals surface area contributed by atoms with Gasteiger partial charge >= 0.3 is 0 Å². The van der Waals surface area contributed by atoms with Crippen LogP contribution in [0.25, 0.3) is 0 Å². The second kappa shape index (κ2) is 3.90. The summed E-state index contributed by atoms with van der Waals surface area (Å²) in [4.78, 5) is 11.5. The molecule has 3 heteroatoms. The minimum absolute atomic E-state index is 0.237. The molecule has 0 aromatic heterocycles. The Hall–Kier alpha value is -1.04. The molecule has 0 aliphatic heterocycles. The van der Waals surface area contributed by atoms with Crippen molar-refractivity contribution < 1.29 is 4.79 Å². The zero-order valence-electron chi connectivity index (χ0n) is 5.59. The van der Waals surface area contributed by atoms with Gasteiger partial charge in [-0.05, 0) is 6.42 Å². The summed E-state index contributed by atoms with van der Waals surface area (Å²) in [6.45, 7) is 4.77. The van der Waals surface area contributed by atoms with Gasteiger partial charge in [0.1, 0.15) is 0 Å². The first-order chi connectivity index (χ1) is 4.22. The van der Waals surface area contributed by atoms with Gasteiger partial charge in [0.05, 0.1) is 6.54 Å². The number of hydrogen-bond donors (Lipinski definition) is 0. The van der Waals surface area contributed by atoms with Crippen molar-refractivity contribution in [2.45, 2.75) is 20.3 Å². The summed E-state index contributed by atoms with van der Waals surface area (Å²) < 4.78 is 0. The predicted molar refractivity (Wildman–Crippen MR) is 32.7 cm³/mol. The topological polar surface area (TPSA) is 44.1 Å². The molecule has 0 aliphatic carbocycles. The van der Waals surface area contributed by atoms with Crippen LogP contribution in [0.15, 0.2) is 0 Å². The van der Waals surface area contributed by atoms with E-state index in [0.29, 0.717) is 6.42 Å². The summed E-state index contributed by atoms with van der Waals surface area (Å²) in [5, 5.41) is 8.25. The molecule has 1 radical (unpaired) electrons. The van der Waals surface area contributed by atoms with E-state index in [4.69, 9.17) is 5.26 Å². The van der Waals surface area contributed by atoms with Gasteiger partial charge in [-0.25, -0.2) is 4.90 Å². The highest BCUT2D eigenvalue weighted by atomic mass is 16.2. The van der Waals surface area contributed by atoms with Crippen molar-refractivity contribution >= 4 is 5.91 Å². The first-order valence-electron chi connectivity index (χ1n) is 2.75. The van der Waals surface area contributed by atoms with Gasteiger partial charge in [-0.2, -0.15) is 5.26 Å². The van der Waals surface area contributed by atoms with Crippen LogP contribution in [0.4, 0.5) is 0 Å². The quantitative estimate of drug-likeness (QED) is 0.406. The van der Waals surface area contributed by atoms with Gasteiger partial charge in [-0.15, -0.1) is 0 Å². The van der Waals surface area contributed by atoms with Crippen molar-refractivity contribution in [1.29, 1.82) is 5.26 Å². The van der Waals surface area contributed by atoms with Crippen LogP contribution < -0.4 is 0 Å². The molecular weight excluding hydrogens is 116 g/mol. The van der Waals surface area contributed by atoms with Crippen LogP contribution in [0.2, 0.25) is 0 Å². The van der Waals surface area contributed by atoms with Gasteiger partial charge in [0.15, 0.2) is 6.19 Å². The molecule has 0 rings (SSSR count). The van der Waals surface area contributed by atoms with E-state index in [0.717, 1.165) is 4.90 Å². The zero-order valence-corrected chi connectivity index (χ0v) is 5.59. The van der Waals surface area contributed by atoms with E-state index in [1.54, 1.807) is 12.7 Å². The average molecular weight is 125 g/mol. The van der Waals surface area contributed by atoms with Crippen molar-refractivity contribution in [3.8, 4) is 6.19 Å². The SMILES string of the molecule is CC[CH]N(C#N)C(C)=O. The van der Waals surface area contributed by atoms with Crippen molar-refractivity contribution in [3.63, 3.8) is 0 Å². The van der Waals surface area contributed by atoms with Crippen LogP contribution in [-0.2, 0) is 4.79 Å². The third-order valence-corrected chi connectivity index (χ3v) is 0.812. The minimum Gasteiger partial charge on any atom is -0.274 e. The van der Waals surface area contributed by atoms with Gasteiger partial charge in [-0.3, -0.25) is 4.79 Å². The van der Waals surface area contributed by atoms with Crippen LogP contribution in [-0.4, -0.2) is 10.8 Å². The number of amides is 1. The molecule has 0 aromatic carbocycles. The maximum absolute atomic E-state index is 10.4. The van der Waals surface area contributed by atoms with E-state index < -0.39 is 0 Å². The fourth-order valence-electron chi connectivity index (χ4n) is 0.422. The van der Waals surface area contributed by atoms with E-state index in [-0.39, 0.29) is 5.91 Å². The molecule has 0 atom stereocenters. The number of carbonyl (C=O) groups is 1. The standard InChI is InChI=1S/C6H9N2O/c1-3-4-8(5-7)6(2)9/h4H,3H2,1-2H3. The van der Waals surface area contributed by atoms with Crippen molar-refractivity contribution in [3.05, 3.63) is 6.54 Å². The molecule has 0 bridgehead atoms. The molecule has 0 unspecified atom stereocenters. The van der Waals surface area contributed by atoms with E-state index in [2.05, 4.69) is 0 Å². The largest absolute Gasteiger partial charge is 0.274 e. The Kier molecular flexibility index (Phi) is 3.45. The maximum atomic E-state index is 10.4. The van der Waals surface area contributed by atoms with Crippen LogP contribution in [0.1, 0.15) is 20.3 Å². The average Bonchev–Trinajstić information content (AvgIpc) is 1.82. The lowest BCUT2D eigenvalue weighted by atomic mass is 10.4. The van der Waals surface area contributed by atoms with Gasteiger partial charge < -0.3 is 0 Å². The third kappa shape index (κ3) is 2.70. The molecule has 0 aromatic rings. The number of nitrogens with zero attached hydrogens (tertiary/aromatic N) is 2. The highest BCUT2D eigenvalue weighted by Gasteiger charge is 2.03. The Bertz CT molecular complexity index is 136. The molecule has 3 nitrogen and oxygen atoms in total. The molecule has 1 amide bonds. The molecule has 0 aliphatic rings. The minimum atomic E-state index is -0.237. The Balaban J connectivity index is 3.72. The molecule has 0 spiro atoms. The molecule has 0 N–H and O–H groups in total. The summed E-state index contributed by atoms with van der Waals surface area (Å²) in [5.74, 6) is -0.237. The Morgan fingerprint density at radius 2 is 2.44 bits per heavy atom.